The van der Waals surface area contributed by atoms with E-state index in [1.54, 1.807) is 0 Å². The van der Waals surface area contributed by atoms with Crippen LogP contribution in [-0.4, -0.2) is 30.8 Å². The molecule has 2 rings (SSSR count). The second-order valence-corrected chi connectivity index (χ2v) is 8.84. The highest BCUT2D eigenvalue weighted by Crippen LogP contribution is 2.65. The van der Waals surface area contributed by atoms with E-state index >= 15 is 0 Å². The molecule has 4 unspecified atom stereocenters. The molecule has 2 fully saturated rings. The van der Waals surface area contributed by atoms with Crippen LogP contribution in [0.4, 0.5) is 0 Å². The van der Waals surface area contributed by atoms with Crippen LogP contribution in [0.3, 0.4) is 0 Å². The third kappa shape index (κ3) is 2.00. The van der Waals surface area contributed by atoms with Crippen molar-refractivity contribution in [1.29, 1.82) is 0 Å². The molecule has 0 spiro atoms. The summed E-state index contributed by atoms with van der Waals surface area (Å²) in [4.78, 5) is 10.9. The van der Waals surface area contributed by atoms with Crippen molar-refractivity contribution < 1.29 is 18.3 Å². The van der Waals surface area contributed by atoms with E-state index in [1.807, 2.05) is 0 Å². The predicted octanol–water partition coefficient (Wildman–Crippen LogP) is 1.59. The van der Waals surface area contributed by atoms with Crippen LogP contribution in [0.15, 0.2) is 0 Å². The van der Waals surface area contributed by atoms with Crippen LogP contribution in [0.5, 0.6) is 0 Å². The molecule has 0 aromatic carbocycles. The van der Waals surface area contributed by atoms with Crippen molar-refractivity contribution in [3.63, 3.8) is 0 Å². The van der Waals surface area contributed by atoms with E-state index in [-0.39, 0.29) is 16.9 Å². The summed E-state index contributed by atoms with van der Waals surface area (Å²) in [6.07, 6.45) is 2.95. The number of aliphatic carboxylic acids is 1. The molecule has 2 N–H and O–H groups in total. The Bertz CT molecular complexity index is 499. The van der Waals surface area contributed by atoms with Crippen LogP contribution in [0.1, 0.15) is 47.0 Å². The Kier molecular flexibility index (Phi) is 3.26. The first-order valence-electron chi connectivity index (χ1n) is 6.76. The molecule has 6 heteroatoms. The third-order valence-corrected chi connectivity index (χ3v) is 7.66. The van der Waals surface area contributed by atoms with E-state index in [0.717, 1.165) is 19.3 Å². The van der Waals surface area contributed by atoms with Gasteiger partial charge < -0.3 is 5.11 Å². The van der Waals surface area contributed by atoms with Crippen molar-refractivity contribution in [1.82, 2.24) is 4.72 Å². The van der Waals surface area contributed by atoms with Crippen LogP contribution >= 0.6 is 0 Å². The van der Waals surface area contributed by atoms with Gasteiger partial charge in [-0.25, -0.2) is 13.1 Å². The van der Waals surface area contributed by atoms with Gasteiger partial charge in [-0.1, -0.05) is 20.8 Å². The van der Waals surface area contributed by atoms with Crippen LogP contribution in [-0.2, 0) is 14.8 Å². The average molecular weight is 289 g/mol. The van der Waals surface area contributed by atoms with E-state index < -0.39 is 21.2 Å². The number of hydrogen-bond acceptors (Lipinski definition) is 3. The zero-order chi connectivity index (χ0) is 14.6. The first-order valence-corrected chi connectivity index (χ1v) is 8.31. The van der Waals surface area contributed by atoms with Crippen LogP contribution in [0.2, 0.25) is 0 Å². The maximum Gasteiger partial charge on any atom is 0.323 e. The summed E-state index contributed by atoms with van der Waals surface area (Å²) >= 11 is 0. The minimum Gasteiger partial charge on any atom is -0.480 e. The number of nitrogens with one attached hydrogen (secondary N) is 1. The first-order chi connectivity index (χ1) is 8.52. The average Bonchev–Trinajstić information content (AvgIpc) is 2.60. The Balaban J connectivity index is 2.21. The molecule has 0 aromatic heterocycles. The van der Waals surface area contributed by atoms with Gasteiger partial charge in [-0.3, -0.25) is 4.79 Å². The van der Waals surface area contributed by atoms with E-state index in [4.69, 9.17) is 5.11 Å². The molecule has 0 amide bonds. The molecule has 19 heavy (non-hydrogen) atoms. The van der Waals surface area contributed by atoms with Crippen LogP contribution in [0.25, 0.3) is 0 Å². The lowest BCUT2D eigenvalue weighted by molar-refractivity contribution is -0.136. The van der Waals surface area contributed by atoms with E-state index in [2.05, 4.69) is 25.5 Å². The smallest absolute Gasteiger partial charge is 0.323 e. The minimum absolute atomic E-state index is 0.0804. The molecule has 2 aliphatic carbocycles. The molecule has 0 aliphatic heterocycles. The third-order valence-electron chi connectivity index (χ3n) is 5.91. The second-order valence-electron chi connectivity index (χ2n) is 6.81. The molecule has 110 valence electrons. The predicted molar refractivity (Wildman–Crippen MR) is 72.2 cm³/mol. The van der Waals surface area contributed by atoms with Crippen molar-refractivity contribution in [2.24, 2.45) is 16.7 Å². The number of fused-ring (bicyclic) bond motifs is 2. The zero-order valence-electron chi connectivity index (χ0n) is 11.9. The largest absolute Gasteiger partial charge is 0.480 e. The van der Waals surface area contributed by atoms with E-state index in [9.17, 15) is 13.2 Å². The Morgan fingerprint density at radius 2 is 1.95 bits per heavy atom. The van der Waals surface area contributed by atoms with Crippen LogP contribution < -0.4 is 4.72 Å². The van der Waals surface area contributed by atoms with Gasteiger partial charge in [-0.05, 0) is 42.9 Å². The maximum atomic E-state index is 12.1. The number of carbonyl (C=O) groups is 1. The van der Waals surface area contributed by atoms with Crippen molar-refractivity contribution in [2.75, 3.05) is 0 Å². The summed E-state index contributed by atoms with van der Waals surface area (Å²) < 4.78 is 26.8. The highest BCUT2D eigenvalue weighted by Gasteiger charge is 2.62. The summed E-state index contributed by atoms with van der Waals surface area (Å²) in [6.45, 7) is 7.73. The summed E-state index contributed by atoms with van der Waals surface area (Å²) in [5.41, 5.74) is 0.0234. The highest BCUT2D eigenvalue weighted by molar-refractivity contribution is 7.90. The van der Waals surface area contributed by atoms with Crippen molar-refractivity contribution >= 4 is 16.0 Å². The lowest BCUT2D eigenvalue weighted by Crippen LogP contribution is -2.50. The Morgan fingerprint density at radius 1 is 1.37 bits per heavy atom. The highest BCUT2D eigenvalue weighted by atomic mass is 32.2. The van der Waals surface area contributed by atoms with Crippen molar-refractivity contribution in [2.45, 2.75) is 58.2 Å². The van der Waals surface area contributed by atoms with Gasteiger partial charge in [0.2, 0.25) is 10.0 Å². The quantitative estimate of drug-likeness (QED) is 0.823. The molecule has 0 radical (unpaired) electrons. The number of carboxylic acid groups (broad SMARTS) is 1. The Labute approximate surface area is 114 Å². The van der Waals surface area contributed by atoms with E-state index in [1.165, 1.54) is 6.92 Å². The molecule has 2 saturated carbocycles. The number of sulfonamides is 1. The van der Waals surface area contributed by atoms with Gasteiger partial charge in [0.1, 0.15) is 0 Å². The monoisotopic (exact) mass is 289 g/mol. The van der Waals surface area contributed by atoms with Gasteiger partial charge in [0.15, 0.2) is 5.25 Å². The topological polar surface area (TPSA) is 83.5 Å². The van der Waals surface area contributed by atoms with Gasteiger partial charge in [0.05, 0.1) is 0 Å². The van der Waals surface area contributed by atoms with Crippen molar-refractivity contribution in [3.05, 3.63) is 0 Å². The molecule has 0 aromatic rings. The number of carboxylic acids is 1. The molecule has 5 nitrogen and oxygen atoms in total. The fraction of sp³-hybridized carbons (Fsp3) is 0.923. The van der Waals surface area contributed by atoms with Gasteiger partial charge in [-0.15, -0.1) is 0 Å². The fourth-order valence-corrected chi connectivity index (χ4v) is 5.04. The molecular formula is C13H23NO4S. The van der Waals surface area contributed by atoms with E-state index in [0.29, 0.717) is 5.92 Å². The molecule has 0 heterocycles. The SMILES string of the molecule is CC(C(=O)O)S(=O)(=O)NC1CC2CCC1(C)C2(C)C. The summed E-state index contributed by atoms with van der Waals surface area (Å²) in [6, 6.07) is -0.145. The maximum absolute atomic E-state index is 12.1. The minimum atomic E-state index is -3.80. The summed E-state index contributed by atoms with van der Waals surface area (Å²) in [5.74, 6) is -0.787. The second kappa shape index (κ2) is 4.19. The fourth-order valence-electron chi connectivity index (χ4n) is 3.82. The molecule has 0 saturated heterocycles. The normalized spacial score (nSPS) is 38.3. The number of hydrogen-bond donors (Lipinski definition) is 2. The van der Waals surface area contributed by atoms with Gasteiger partial charge >= 0.3 is 5.97 Å². The molecular weight excluding hydrogens is 266 g/mol. The Morgan fingerprint density at radius 3 is 2.32 bits per heavy atom. The lowest BCUT2D eigenvalue weighted by Gasteiger charge is -2.39. The number of rotatable bonds is 4. The molecule has 2 bridgehead atoms. The standard InChI is InChI=1S/C13H23NO4S/c1-8(11(15)16)19(17,18)14-10-7-9-5-6-13(10,4)12(9,2)3/h8-10,14H,5-7H2,1-4H3,(H,15,16). The van der Waals surface area contributed by atoms with Crippen molar-refractivity contribution in [3.8, 4) is 0 Å². The summed E-state index contributed by atoms with van der Waals surface area (Å²) in [7, 11) is -3.80. The molecule has 4 atom stereocenters. The van der Waals surface area contributed by atoms with Crippen LogP contribution in [0, 0.1) is 16.7 Å². The van der Waals surface area contributed by atoms with Gasteiger partial charge in [0.25, 0.3) is 0 Å². The van der Waals surface area contributed by atoms with Gasteiger partial charge in [0, 0.05) is 6.04 Å². The first kappa shape index (κ1) is 14.8. The van der Waals surface area contributed by atoms with Gasteiger partial charge in [-0.2, -0.15) is 0 Å². The lowest BCUT2D eigenvalue weighted by atomic mass is 9.69. The zero-order valence-corrected chi connectivity index (χ0v) is 12.8. The Hall–Kier alpha value is -0.620. The summed E-state index contributed by atoms with van der Waals surface area (Å²) in [5, 5.41) is 7.47. The molecule has 2 aliphatic rings.